The lowest BCUT2D eigenvalue weighted by Crippen LogP contribution is -2.53. The van der Waals surface area contributed by atoms with Crippen molar-refractivity contribution < 1.29 is 23.9 Å². The monoisotopic (exact) mass is 526 g/mol. The molecule has 37 heavy (non-hydrogen) atoms. The average Bonchev–Trinajstić information content (AvgIpc) is 2.82. The number of aryl methyl sites for hydroxylation is 2. The Morgan fingerprint density at radius 3 is 2.27 bits per heavy atom. The van der Waals surface area contributed by atoms with Gasteiger partial charge in [-0.3, -0.25) is 9.59 Å². The molecule has 0 heterocycles. The Labute approximate surface area is 223 Å². The van der Waals surface area contributed by atoms with E-state index in [2.05, 4.69) is 23.3 Å². The van der Waals surface area contributed by atoms with Crippen LogP contribution in [0.15, 0.2) is 42.5 Å². The zero-order valence-electron chi connectivity index (χ0n) is 22.0. The summed E-state index contributed by atoms with van der Waals surface area (Å²) in [5, 5.41) is 14.9. The summed E-state index contributed by atoms with van der Waals surface area (Å²) in [4.78, 5) is 40.9. The smallest absolute Gasteiger partial charge is 0.408 e. The zero-order valence-corrected chi connectivity index (χ0v) is 22.9. The molecule has 0 aliphatic heterocycles. The van der Waals surface area contributed by atoms with Crippen LogP contribution in [0, 0.1) is 25.2 Å². The first-order valence-electron chi connectivity index (χ1n) is 11.7. The fourth-order valence-electron chi connectivity index (χ4n) is 3.68. The van der Waals surface area contributed by atoms with E-state index in [4.69, 9.17) is 9.47 Å². The summed E-state index contributed by atoms with van der Waals surface area (Å²) in [6, 6.07) is 11.9. The van der Waals surface area contributed by atoms with Crippen molar-refractivity contribution >= 4 is 36.2 Å². The number of nitriles is 1. The second kappa shape index (κ2) is 13.0. The first kappa shape index (κ1) is 29.5. The molecule has 2 N–H and O–H groups in total. The summed E-state index contributed by atoms with van der Waals surface area (Å²) in [7, 11) is 1.54. The quantitative estimate of drug-likeness (QED) is 0.333. The van der Waals surface area contributed by atoms with Gasteiger partial charge >= 0.3 is 6.09 Å². The van der Waals surface area contributed by atoms with E-state index in [1.807, 2.05) is 32.0 Å². The van der Waals surface area contributed by atoms with E-state index in [-0.39, 0.29) is 5.75 Å². The SMILES string of the molecule is COc1ccc(NC(=O)C(c2ccc(C)cc2C)N(CC#N)C(=O)C(CS)NC(=O)OC(C)(C)C)cc1. The van der Waals surface area contributed by atoms with Gasteiger partial charge < -0.3 is 25.0 Å². The zero-order chi connectivity index (χ0) is 27.8. The molecule has 0 aliphatic carbocycles. The molecule has 9 nitrogen and oxygen atoms in total. The van der Waals surface area contributed by atoms with Crippen LogP contribution in [0.2, 0.25) is 0 Å². The van der Waals surface area contributed by atoms with Gasteiger partial charge in [0.1, 0.15) is 30.0 Å². The molecule has 2 aromatic carbocycles. The minimum absolute atomic E-state index is 0.0697. The van der Waals surface area contributed by atoms with Gasteiger partial charge in [0, 0.05) is 11.4 Å². The van der Waals surface area contributed by atoms with Crippen LogP contribution in [0.3, 0.4) is 0 Å². The third-order valence-electron chi connectivity index (χ3n) is 5.33. The maximum atomic E-state index is 13.7. The summed E-state index contributed by atoms with van der Waals surface area (Å²) in [6.07, 6.45) is -0.803. The maximum Gasteiger partial charge on any atom is 0.408 e. The van der Waals surface area contributed by atoms with Crippen LogP contribution in [0.5, 0.6) is 5.75 Å². The highest BCUT2D eigenvalue weighted by Crippen LogP contribution is 2.28. The van der Waals surface area contributed by atoms with Crippen LogP contribution < -0.4 is 15.4 Å². The molecule has 0 aliphatic rings. The molecule has 0 saturated heterocycles. The Hall–Kier alpha value is -3.71. The predicted octanol–water partition coefficient (Wildman–Crippen LogP) is 4.17. The lowest BCUT2D eigenvalue weighted by atomic mass is 9.96. The van der Waals surface area contributed by atoms with E-state index in [1.54, 1.807) is 58.2 Å². The van der Waals surface area contributed by atoms with E-state index < -0.39 is 42.1 Å². The Morgan fingerprint density at radius 1 is 1.11 bits per heavy atom. The van der Waals surface area contributed by atoms with Crippen LogP contribution in [0.25, 0.3) is 0 Å². The predicted molar refractivity (Wildman–Crippen MR) is 145 cm³/mol. The maximum absolute atomic E-state index is 13.7. The van der Waals surface area contributed by atoms with E-state index >= 15 is 0 Å². The minimum atomic E-state index is -1.15. The van der Waals surface area contributed by atoms with Crippen molar-refractivity contribution in [2.75, 3.05) is 24.7 Å². The van der Waals surface area contributed by atoms with E-state index in [1.165, 1.54) is 0 Å². The summed E-state index contributed by atoms with van der Waals surface area (Å²) in [5.41, 5.74) is 2.01. The lowest BCUT2D eigenvalue weighted by molar-refractivity contribution is -0.139. The van der Waals surface area contributed by atoms with Crippen molar-refractivity contribution in [1.82, 2.24) is 10.2 Å². The molecule has 0 saturated carbocycles. The van der Waals surface area contributed by atoms with Crippen LogP contribution in [0.1, 0.15) is 43.5 Å². The highest BCUT2D eigenvalue weighted by molar-refractivity contribution is 7.80. The third kappa shape index (κ3) is 8.43. The van der Waals surface area contributed by atoms with Crippen molar-refractivity contribution in [3.63, 3.8) is 0 Å². The van der Waals surface area contributed by atoms with Gasteiger partial charge in [-0.2, -0.15) is 17.9 Å². The summed E-state index contributed by atoms with van der Waals surface area (Å²) < 4.78 is 10.4. The number of methoxy groups -OCH3 is 1. The van der Waals surface area contributed by atoms with Crippen molar-refractivity contribution in [2.45, 2.75) is 52.3 Å². The molecule has 0 radical (unpaired) electrons. The standard InChI is InChI=1S/C27H34N4O5S/c1-17-7-12-21(18(2)15-17)23(24(32)29-19-8-10-20(35-6)11-9-19)31(14-13-28)25(33)22(16-37)30-26(34)36-27(3,4)5/h7-12,15,22-23,37H,14,16H2,1-6H3,(H,29,32)(H,30,34). The molecule has 198 valence electrons. The molecular weight excluding hydrogens is 492 g/mol. The highest BCUT2D eigenvalue weighted by atomic mass is 32.1. The van der Waals surface area contributed by atoms with Crippen molar-refractivity contribution in [3.8, 4) is 11.8 Å². The normalized spacial score (nSPS) is 12.5. The number of hydrogen-bond acceptors (Lipinski definition) is 7. The number of thiol groups is 1. The molecule has 10 heteroatoms. The number of benzene rings is 2. The molecule has 2 aromatic rings. The molecule has 3 amide bonds. The molecule has 0 fully saturated rings. The topological polar surface area (TPSA) is 121 Å². The lowest BCUT2D eigenvalue weighted by Gasteiger charge is -2.33. The van der Waals surface area contributed by atoms with E-state index in [9.17, 15) is 19.6 Å². The molecule has 2 atom stereocenters. The number of carbonyl (C=O) groups is 3. The Kier molecular flexibility index (Phi) is 10.4. The Morgan fingerprint density at radius 2 is 1.76 bits per heavy atom. The fraction of sp³-hybridized carbons (Fsp3) is 0.407. The van der Waals surface area contributed by atoms with Gasteiger partial charge in [-0.1, -0.05) is 23.8 Å². The van der Waals surface area contributed by atoms with Gasteiger partial charge in [-0.05, 0) is 70.0 Å². The summed E-state index contributed by atoms with van der Waals surface area (Å²) >= 11 is 4.23. The van der Waals surface area contributed by atoms with Crippen molar-refractivity contribution in [1.29, 1.82) is 5.26 Å². The number of ether oxygens (including phenoxy) is 2. The van der Waals surface area contributed by atoms with Crippen molar-refractivity contribution in [2.24, 2.45) is 0 Å². The average molecular weight is 527 g/mol. The highest BCUT2D eigenvalue weighted by Gasteiger charge is 2.36. The summed E-state index contributed by atoms with van der Waals surface area (Å²) in [6.45, 7) is 8.46. The van der Waals surface area contributed by atoms with Crippen molar-refractivity contribution in [3.05, 3.63) is 59.2 Å². The fourth-order valence-corrected chi connectivity index (χ4v) is 3.92. The minimum Gasteiger partial charge on any atom is -0.497 e. The van der Waals surface area contributed by atoms with Crippen LogP contribution in [-0.2, 0) is 14.3 Å². The number of nitrogens with one attached hydrogen (secondary N) is 2. The second-order valence-corrected chi connectivity index (χ2v) is 9.85. The first-order valence-corrected chi connectivity index (χ1v) is 12.3. The van der Waals surface area contributed by atoms with Gasteiger partial charge in [0.2, 0.25) is 5.91 Å². The van der Waals surface area contributed by atoms with Gasteiger partial charge in [-0.25, -0.2) is 4.79 Å². The number of rotatable bonds is 9. The molecule has 0 aromatic heterocycles. The van der Waals surface area contributed by atoms with Gasteiger partial charge in [-0.15, -0.1) is 0 Å². The van der Waals surface area contributed by atoms with E-state index in [0.717, 1.165) is 16.0 Å². The number of amides is 3. The van der Waals surface area contributed by atoms with E-state index in [0.29, 0.717) is 17.0 Å². The van der Waals surface area contributed by atoms with Gasteiger partial charge in [0.25, 0.3) is 5.91 Å². The van der Waals surface area contributed by atoms with Crippen LogP contribution in [0.4, 0.5) is 10.5 Å². The largest absolute Gasteiger partial charge is 0.497 e. The Bertz CT molecular complexity index is 1150. The Balaban J connectivity index is 2.48. The number of hydrogen-bond donors (Lipinski definition) is 3. The summed E-state index contributed by atoms with van der Waals surface area (Å²) in [5.74, 6) is -0.608. The molecule has 2 rings (SSSR count). The number of carbonyl (C=O) groups excluding carboxylic acids is 3. The van der Waals surface area contributed by atoms with Crippen LogP contribution in [-0.4, -0.2) is 53.9 Å². The second-order valence-electron chi connectivity index (χ2n) is 9.49. The number of nitrogens with zero attached hydrogens (tertiary/aromatic N) is 2. The van der Waals surface area contributed by atoms with Gasteiger partial charge in [0.15, 0.2) is 0 Å². The molecular formula is C27H34N4O5S. The third-order valence-corrected chi connectivity index (χ3v) is 5.70. The van der Waals surface area contributed by atoms with Crippen LogP contribution >= 0.6 is 12.6 Å². The molecule has 2 unspecified atom stereocenters. The molecule has 0 spiro atoms. The first-order chi connectivity index (χ1) is 17.4. The number of anilines is 1. The van der Waals surface area contributed by atoms with Gasteiger partial charge in [0.05, 0.1) is 13.2 Å². The molecule has 0 bridgehead atoms. The number of alkyl carbamates (subject to hydrolysis) is 1.